The fraction of sp³-hybridized carbons (Fsp3) is 0.421. The molecule has 0 bridgehead atoms. The average Bonchev–Trinajstić information content (AvgIpc) is 2.76. The highest BCUT2D eigenvalue weighted by Crippen LogP contribution is 2.15. The quantitative estimate of drug-likeness (QED) is 0.867. The number of hydrogen-bond donors (Lipinski definition) is 0. The molecule has 2 heterocycles. The number of rotatable bonds is 4. The van der Waals surface area contributed by atoms with Crippen molar-refractivity contribution in [2.75, 3.05) is 26.3 Å². The molecule has 3 rings (SSSR count). The highest BCUT2D eigenvalue weighted by Gasteiger charge is 2.19. The first-order valence-corrected chi connectivity index (χ1v) is 8.05. The lowest BCUT2D eigenvalue weighted by Crippen LogP contribution is -2.30. The van der Waals surface area contributed by atoms with Gasteiger partial charge in [-0.05, 0) is 30.5 Å². The van der Waals surface area contributed by atoms with Gasteiger partial charge in [-0.1, -0.05) is 36.4 Å². The van der Waals surface area contributed by atoms with Crippen molar-refractivity contribution in [1.29, 1.82) is 0 Å². The summed E-state index contributed by atoms with van der Waals surface area (Å²) in [6, 6.07) is 15.0. The van der Waals surface area contributed by atoms with E-state index < -0.39 is 0 Å². The van der Waals surface area contributed by atoms with Gasteiger partial charge in [0.15, 0.2) is 0 Å². The molecule has 3 nitrogen and oxygen atoms in total. The summed E-state index contributed by atoms with van der Waals surface area (Å²) in [5, 5.41) is 0. The van der Waals surface area contributed by atoms with Crippen LogP contribution in [0.15, 0.2) is 48.7 Å². The summed E-state index contributed by atoms with van der Waals surface area (Å²) < 4.78 is 5.80. The zero-order valence-electron chi connectivity index (χ0n) is 13.2. The van der Waals surface area contributed by atoms with E-state index in [9.17, 15) is 0 Å². The summed E-state index contributed by atoms with van der Waals surface area (Å²) in [7, 11) is 0. The molecule has 1 unspecified atom stereocenters. The van der Waals surface area contributed by atoms with Gasteiger partial charge >= 0.3 is 0 Å². The van der Waals surface area contributed by atoms with Crippen LogP contribution in [0.25, 0.3) is 0 Å². The van der Waals surface area contributed by atoms with Gasteiger partial charge in [-0.15, -0.1) is 0 Å². The molecule has 1 fully saturated rings. The lowest BCUT2D eigenvalue weighted by molar-refractivity contribution is 0.121. The molecule has 1 aromatic heterocycles. The first-order valence-electron chi connectivity index (χ1n) is 8.05. The summed E-state index contributed by atoms with van der Waals surface area (Å²) in [6.45, 7) is 6.82. The molecule has 116 valence electrons. The molecule has 1 saturated heterocycles. The van der Waals surface area contributed by atoms with Crippen molar-refractivity contribution in [2.45, 2.75) is 19.9 Å². The second-order valence-electron chi connectivity index (χ2n) is 6.19. The number of pyridine rings is 1. The second kappa shape index (κ2) is 7.52. The molecule has 0 N–H and O–H groups in total. The molecule has 1 aromatic carbocycles. The highest BCUT2D eigenvalue weighted by atomic mass is 16.5. The molecule has 0 amide bonds. The third kappa shape index (κ3) is 4.39. The van der Waals surface area contributed by atoms with E-state index in [0.717, 1.165) is 39.3 Å². The van der Waals surface area contributed by atoms with E-state index in [0.29, 0.717) is 5.92 Å². The number of ether oxygens (including phenoxy) is 1. The molecule has 0 aliphatic carbocycles. The van der Waals surface area contributed by atoms with Crippen LogP contribution in [-0.2, 0) is 17.7 Å². The number of aromatic nitrogens is 1. The average molecular weight is 296 g/mol. The Balaban J connectivity index is 1.61. The molecule has 1 aliphatic heterocycles. The highest BCUT2D eigenvalue weighted by molar-refractivity contribution is 5.15. The maximum Gasteiger partial charge on any atom is 0.0593 e. The van der Waals surface area contributed by atoms with E-state index in [-0.39, 0.29) is 0 Å². The maximum absolute atomic E-state index is 5.80. The van der Waals surface area contributed by atoms with Gasteiger partial charge in [0, 0.05) is 37.4 Å². The summed E-state index contributed by atoms with van der Waals surface area (Å²) in [5.74, 6) is 0.515. The standard InChI is InChI=1S/C19H24N2O/c1-16-7-8-19(20-12-16)11-18-14-21(9-10-22-15-18)13-17-5-3-2-4-6-17/h2-8,12,18H,9-11,13-15H2,1H3. The van der Waals surface area contributed by atoms with Crippen LogP contribution >= 0.6 is 0 Å². The van der Waals surface area contributed by atoms with Crippen LogP contribution in [0.2, 0.25) is 0 Å². The number of benzene rings is 1. The molecular weight excluding hydrogens is 272 g/mol. The van der Waals surface area contributed by atoms with Crippen LogP contribution in [0.4, 0.5) is 0 Å². The van der Waals surface area contributed by atoms with E-state index in [1.54, 1.807) is 0 Å². The van der Waals surface area contributed by atoms with Gasteiger partial charge in [-0.2, -0.15) is 0 Å². The first kappa shape index (κ1) is 15.2. The second-order valence-corrected chi connectivity index (χ2v) is 6.19. The van der Waals surface area contributed by atoms with Crippen molar-refractivity contribution in [2.24, 2.45) is 5.92 Å². The lowest BCUT2D eigenvalue weighted by Gasteiger charge is -2.23. The van der Waals surface area contributed by atoms with Crippen molar-refractivity contribution in [3.8, 4) is 0 Å². The summed E-state index contributed by atoms with van der Waals surface area (Å²) >= 11 is 0. The lowest BCUT2D eigenvalue weighted by atomic mass is 10.0. The third-order valence-corrected chi connectivity index (χ3v) is 4.14. The zero-order chi connectivity index (χ0) is 15.2. The molecule has 3 heteroatoms. The molecule has 1 atom stereocenters. The van der Waals surface area contributed by atoms with Crippen molar-refractivity contribution in [3.63, 3.8) is 0 Å². The zero-order valence-corrected chi connectivity index (χ0v) is 13.2. The van der Waals surface area contributed by atoms with Gasteiger partial charge in [-0.3, -0.25) is 9.88 Å². The minimum Gasteiger partial charge on any atom is -0.380 e. The Hall–Kier alpha value is -1.71. The molecule has 1 aliphatic rings. The van der Waals surface area contributed by atoms with E-state index in [1.165, 1.54) is 16.8 Å². The third-order valence-electron chi connectivity index (χ3n) is 4.14. The SMILES string of the molecule is Cc1ccc(CC2COCCN(Cc3ccccc3)C2)nc1. The molecule has 2 aromatic rings. The predicted molar refractivity (Wildman–Crippen MR) is 88.7 cm³/mol. The minimum absolute atomic E-state index is 0.515. The van der Waals surface area contributed by atoms with Gasteiger partial charge in [0.25, 0.3) is 0 Å². The summed E-state index contributed by atoms with van der Waals surface area (Å²) in [6.07, 6.45) is 2.94. The summed E-state index contributed by atoms with van der Waals surface area (Å²) in [5.41, 5.74) is 3.75. The van der Waals surface area contributed by atoms with Crippen LogP contribution in [0.1, 0.15) is 16.8 Å². The first-order chi connectivity index (χ1) is 10.8. The van der Waals surface area contributed by atoms with Gasteiger partial charge in [0.05, 0.1) is 13.2 Å². The maximum atomic E-state index is 5.80. The van der Waals surface area contributed by atoms with E-state index in [4.69, 9.17) is 4.74 Å². The Morgan fingerprint density at radius 1 is 1.18 bits per heavy atom. The van der Waals surface area contributed by atoms with E-state index >= 15 is 0 Å². The number of hydrogen-bond acceptors (Lipinski definition) is 3. The van der Waals surface area contributed by atoms with Crippen molar-refractivity contribution in [1.82, 2.24) is 9.88 Å². The normalized spacial score (nSPS) is 19.8. The van der Waals surface area contributed by atoms with Crippen LogP contribution in [0.3, 0.4) is 0 Å². The van der Waals surface area contributed by atoms with Crippen LogP contribution in [-0.4, -0.2) is 36.2 Å². The van der Waals surface area contributed by atoms with E-state index in [1.807, 2.05) is 6.20 Å². The smallest absolute Gasteiger partial charge is 0.0593 e. The molecule has 0 saturated carbocycles. The van der Waals surface area contributed by atoms with E-state index in [2.05, 4.69) is 59.3 Å². The number of aryl methyl sites for hydroxylation is 1. The Morgan fingerprint density at radius 3 is 2.82 bits per heavy atom. The van der Waals surface area contributed by atoms with Crippen LogP contribution < -0.4 is 0 Å². The van der Waals surface area contributed by atoms with Gasteiger partial charge in [-0.25, -0.2) is 0 Å². The topological polar surface area (TPSA) is 25.4 Å². The minimum atomic E-state index is 0.515. The Bertz CT molecular complexity index is 568. The van der Waals surface area contributed by atoms with Crippen molar-refractivity contribution in [3.05, 3.63) is 65.5 Å². The number of nitrogens with zero attached hydrogens (tertiary/aromatic N) is 2. The van der Waals surface area contributed by atoms with Crippen molar-refractivity contribution >= 4 is 0 Å². The van der Waals surface area contributed by atoms with Gasteiger partial charge in [0.1, 0.15) is 0 Å². The molecule has 0 spiro atoms. The largest absolute Gasteiger partial charge is 0.380 e. The van der Waals surface area contributed by atoms with Crippen LogP contribution in [0.5, 0.6) is 0 Å². The Labute approximate surface area is 132 Å². The fourth-order valence-corrected chi connectivity index (χ4v) is 2.98. The monoisotopic (exact) mass is 296 g/mol. The predicted octanol–water partition coefficient (Wildman–Crippen LogP) is 3.08. The fourth-order valence-electron chi connectivity index (χ4n) is 2.98. The molecule has 22 heavy (non-hydrogen) atoms. The van der Waals surface area contributed by atoms with Crippen LogP contribution in [0, 0.1) is 12.8 Å². The molecule has 0 radical (unpaired) electrons. The Kier molecular flexibility index (Phi) is 5.20. The summed E-state index contributed by atoms with van der Waals surface area (Å²) in [4.78, 5) is 7.04. The van der Waals surface area contributed by atoms with Crippen molar-refractivity contribution < 1.29 is 4.74 Å². The van der Waals surface area contributed by atoms with Gasteiger partial charge in [0.2, 0.25) is 0 Å². The Morgan fingerprint density at radius 2 is 2.05 bits per heavy atom. The molecular formula is C19H24N2O. The van der Waals surface area contributed by atoms with Gasteiger partial charge < -0.3 is 4.74 Å².